The molecule has 0 unspecified atom stereocenters. The van der Waals surface area contributed by atoms with Crippen LogP contribution >= 0.6 is 11.3 Å². The van der Waals surface area contributed by atoms with Gasteiger partial charge in [-0.05, 0) is 126 Å². The van der Waals surface area contributed by atoms with Crippen LogP contribution in [0.25, 0.3) is 64.7 Å². The first-order chi connectivity index (χ1) is 30.8. The van der Waals surface area contributed by atoms with Gasteiger partial charge in [0.1, 0.15) is 0 Å². The molecular formula is C61H43NS. The Morgan fingerprint density at radius 2 is 0.762 bits per heavy atom. The average molecular weight is 822 g/mol. The fourth-order valence-corrected chi connectivity index (χ4v) is 13.9. The van der Waals surface area contributed by atoms with Gasteiger partial charge in [0.25, 0.3) is 0 Å². The molecule has 10 aromatic rings. The summed E-state index contributed by atoms with van der Waals surface area (Å²) >= 11 is 1.94. The highest BCUT2D eigenvalue weighted by molar-refractivity contribution is 7.26. The van der Waals surface area contributed by atoms with Crippen LogP contribution in [0.1, 0.15) is 72.2 Å². The van der Waals surface area contributed by atoms with Gasteiger partial charge in [-0.25, -0.2) is 0 Å². The van der Waals surface area contributed by atoms with Crippen molar-refractivity contribution in [3.05, 3.63) is 233 Å². The summed E-state index contributed by atoms with van der Waals surface area (Å²) in [5.74, 6) is 0. The van der Waals surface area contributed by atoms with Crippen molar-refractivity contribution in [2.45, 2.75) is 43.9 Å². The maximum Gasteiger partial charge on any atom is 0.0726 e. The Labute approximate surface area is 372 Å². The molecule has 0 amide bonds. The van der Waals surface area contributed by atoms with Crippen LogP contribution in [-0.4, -0.2) is 0 Å². The van der Waals surface area contributed by atoms with E-state index in [4.69, 9.17) is 0 Å². The fraction of sp³-hybridized carbons (Fsp3) is 0.115. The fourth-order valence-electron chi connectivity index (χ4n) is 12.6. The van der Waals surface area contributed by atoms with E-state index in [2.05, 4.69) is 221 Å². The van der Waals surface area contributed by atoms with E-state index >= 15 is 0 Å². The molecule has 1 nitrogen and oxygen atoms in total. The molecule has 63 heavy (non-hydrogen) atoms. The number of thiophene rings is 1. The zero-order chi connectivity index (χ0) is 42.0. The summed E-state index contributed by atoms with van der Waals surface area (Å²) in [6.07, 6.45) is 0. The van der Waals surface area contributed by atoms with Gasteiger partial charge in [0.15, 0.2) is 0 Å². The van der Waals surface area contributed by atoms with Gasteiger partial charge in [-0.2, -0.15) is 0 Å². The summed E-state index contributed by atoms with van der Waals surface area (Å²) in [6, 6.07) is 72.0. The van der Waals surface area contributed by atoms with Gasteiger partial charge < -0.3 is 4.90 Å². The van der Waals surface area contributed by atoms with E-state index in [1.165, 1.54) is 121 Å². The van der Waals surface area contributed by atoms with E-state index in [0.29, 0.717) is 0 Å². The third-order valence-corrected chi connectivity index (χ3v) is 16.7. The molecule has 0 atom stereocenters. The largest absolute Gasteiger partial charge is 0.310 e. The molecule has 0 aliphatic heterocycles. The number of hydrogen-bond acceptors (Lipinski definition) is 2. The third-order valence-electron chi connectivity index (χ3n) is 15.5. The molecule has 0 fully saturated rings. The van der Waals surface area contributed by atoms with Crippen LogP contribution in [0.15, 0.2) is 188 Å². The molecule has 0 saturated carbocycles. The molecule has 4 aliphatic carbocycles. The number of fused-ring (bicyclic) bond motifs is 20. The number of anilines is 3. The Kier molecular flexibility index (Phi) is 6.85. The van der Waals surface area contributed by atoms with Gasteiger partial charge in [-0.3, -0.25) is 0 Å². The minimum Gasteiger partial charge on any atom is -0.310 e. The van der Waals surface area contributed by atoms with E-state index in [-0.39, 0.29) is 10.8 Å². The minimum atomic E-state index is -0.479. The molecule has 0 radical (unpaired) electrons. The first kappa shape index (κ1) is 35.6. The number of nitrogens with zero attached hydrogens (tertiary/aromatic N) is 1. The van der Waals surface area contributed by atoms with Crippen LogP contribution in [0.4, 0.5) is 17.1 Å². The first-order valence-electron chi connectivity index (χ1n) is 22.3. The molecule has 9 aromatic carbocycles. The zero-order valence-electron chi connectivity index (χ0n) is 35.8. The van der Waals surface area contributed by atoms with Crippen molar-refractivity contribution < 1.29 is 0 Å². The summed E-state index contributed by atoms with van der Waals surface area (Å²) in [7, 11) is 0. The van der Waals surface area contributed by atoms with Crippen LogP contribution in [0.5, 0.6) is 0 Å². The second-order valence-electron chi connectivity index (χ2n) is 19.2. The monoisotopic (exact) mass is 821 g/mol. The Morgan fingerprint density at radius 1 is 0.333 bits per heavy atom. The molecule has 1 heterocycles. The lowest BCUT2D eigenvalue weighted by Crippen LogP contribution is -2.26. The van der Waals surface area contributed by atoms with Crippen molar-refractivity contribution in [1.82, 2.24) is 0 Å². The highest BCUT2D eigenvalue weighted by Crippen LogP contribution is 2.65. The van der Waals surface area contributed by atoms with E-state index in [1.54, 1.807) is 0 Å². The highest BCUT2D eigenvalue weighted by atomic mass is 32.1. The smallest absolute Gasteiger partial charge is 0.0726 e. The molecule has 2 heteroatoms. The standard InChI is InChI=1S/C61H43NS/c1-59(2)48-20-10-5-15-39(48)43-28-25-36(33-53(43)59)62(37-26-29-44-40-16-6-11-21-49(40)60(3,4)54(44)34-37)38-27-30-47-55(35-38)61(50-22-12-7-17-41(50)42-18-8-13-23-51(42)61)52-32-31-46-45-19-9-14-24-56(45)63-58(46)57(47)52/h5-35H,1-4H3. The van der Waals surface area contributed by atoms with Crippen LogP contribution in [-0.2, 0) is 16.2 Å². The predicted molar refractivity (Wildman–Crippen MR) is 265 cm³/mol. The van der Waals surface area contributed by atoms with Crippen LogP contribution < -0.4 is 4.90 Å². The second kappa shape index (κ2) is 12.1. The van der Waals surface area contributed by atoms with Gasteiger partial charge in [-0.1, -0.05) is 173 Å². The highest BCUT2D eigenvalue weighted by Gasteiger charge is 2.52. The van der Waals surface area contributed by atoms with Crippen molar-refractivity contribution in [3.8, 4) is 44.5 Å². The maximum absolute atomic E-state index is 2.56. The van der Waals surface area contributed by atoms with E-state index in [0.717, 1.165) is 5.69 Å². The summed E-state index contributed by atoms with van der Waals surface area (Å²) in [5, 5.41) is 2.67. The van der Waals surface area contributed by atoms with Crippen LogP contribution in [0, 0.1) is 0 Å². The summed E-state index contributed by atoms with van der Waals surface area (Å²) in [5.41, 5.74) is 24.5. The van der Waals surface area contributed by atoms with Gasteiger partial charge >= 0.3 is 0 Å². The minimum absolute atomic E-state index is 0.133. The number of rotatable bonds is 3. The summed E-state index contributed by atoms with van der Waals surface area (Å²) in [4.78, 5) is 2.55. The topological polar surface area (TPSA) is 3.24 Å². The Bertz CT molecular complexity index is 3500. The maximum atomic E-state index is 2.56. The molecule has 0 N–H and O–H groups in total. The van der Waals surface area contributed by atoms with Gasteiger partial charge in [0.2, 0.25) is 0 Å². The zero-order valence-corrected chi connectivity index (χ0v) is 36.6. The number of hydrogen-bond donors (Lipinski definition) is 0. The Morgan fingerprint density at radius 3 is 1.32 bits per heavy atom. The third kappa shape index (κ3) is 4.37. The van der Waals surface area contributed by atoms with Gasteiger partial charge in [0, 0.05) is 53.6 Å². The second-order valence-corrected chi connectivity index (χ2v) is 20.2. The Hall–Kier alpha value is -7.00. The molecule has 14 rings (SSSR count). The van der Waals surface area contributed by atoms with Crippen molar-refractivity contribution in [2.75, 3.05) is 4.90 Å². The lowest BCUT2D eigenvalue weighted by atomic mass is 9.70. The van der Waals surface area contributed by atoms with Crippen molar-refractivity contribution in [1.29, 1.82) is 0 Å². The molecule has 0 saturated heterocycles. The van der Waals surface area contributed by atoms with E-state index < -0.39 is 5.41 Å². The normalized spacial score (nSPS) is 15.7. The molecule has 298 valence electrons. The van der Waals surface area contributed by atoms with Crippen molar-refractivity contribution in [3.63, 3.8) is 0 Å². The lowest BCUT2D eigenvalue weighted by molar-refractivity contribution is 0.660. The Balaban J connectivity index is 1.06. The van der Waals surface area contributed by atoms with E-state index in [9.17, 15) is 0 Å². The van der Waals surface area contributed by atoms with Crippen molar-refractivity contribution >= 4 is 48.6 Å². The first-order valence-corrected chi connectivity index (χ1v) is 23.2. The molecule has 1 spiro atoms. The van der Waals surface area contributed by atoms with Crippen molar-refractivity contribution in [2.24, 2.45) is 0 Å². The molecular weight excluding hydrogens is 779 g/mol. The van der Waals surface area contributed by atoms with Crippen LogP contribution in [0.2, 0.25) is 0 Å². The van der Waals surface area contributed by atoms with Crippen LogP contribution in [0.3, 0.4) is 0 Å². The molecule has 0 bridgehead atoms. The lowest BCUT2D eigenvalue weighted by Gasteiger charge is -2.33. The van der Waals surface area contributed by atoms with E-state index in [1.807, 2.05) is 11.3 Å². The summed E-state index contributed by atoms with van der Waals surface area (Å²) < 4.78 is 2.71. The SMILES string of the molecule is CC1(C)c2ccccc2-c2ccc(N(c3ccc4c(c3)C(C)(C)c3ccccc3-4)c3ccc4c(c3)C3(c5ccccc5-c5ccccc53)c3ccc5c(sc6ccccc65)c3-4)cc21. The average Bonchev–Trinajstić information content (AvgIpc) is 4.06. The van der Waals surface area contributed by atoms with Gasteiger partial charge in [-0.15, -0.1) is 11.3 Å². The van der Waals surface area contributed by atoms with Gasteiger partial charge in [0.05, 0.1) is 5.41 Å². The quantitative estimate of drug-likeness (QED) is 0.172. The predicted octanol–water partition coefficient (Wildman–Crippen LogP) is 16.5. The summed E-state index contributed by atoms with van der Waals surface area (Å²) in [6.45, 7) is 9.56. The number of benzene rings is 9. The molecule has 1 aromatic heterocycles. The molecule has 4 aliphatic rings.